The second-order valence-electron chi connectivity index (χ2n) is 9.17. The predicted molar refractivity (Wildman–Crippen MR) is 89.8 cm³/mol. The molecule has 23 heavy (non-hydrogen) atoms. The summed E-state index contributed by atoms with van der Waals surface area (Å²) < 4.78 is 0. The largest absolute Gasteiger partial charge is 0.386 e. The zero-order valence-corrected chi connectivity index (χ0v) is 15.1. The van der Waals surface area contributed by atoms with Gasteiger partial charge in [0, 0.05) is 18.3 Å². The third kappa shape index (κ3) is 2.26. The smallest absolute Gasteiger partial charge is 0.159 e. The van der Waals surface area contributed by atoms with Crippen molar-refractivity contribution in [1.82, 2.24) is 0 Å². The number of allylic oxidation sites excluding steroid dienone is 1. The first kappa shape index (κ1) is 16.9. The van der Waals surface area contributed by atoms with Crippen molar-refractivity contribution < 1.29 is 14.7 Å². The predicted octanol–water partition coefficient (Wildman–Crippen LogP) is 3.69. The van der Waals surface area contributed by atoms with Crippen LogP contribution in [0.25, 0.3) is 0 Å². The van der Waals surface area contributed by atoms with Crippen LogP contribution in [0.4, 0.5) is 0 Å². The lowest BCUT2D eigenvalue weighted by Crippen LogP contribution is -2.56. The second-order valence-corrected chi connectivity index (χ2v) is 9.17. The van der Waals surface area contributed by atoms with Crippen molar-refractivity contribution in [3.63, 3.8) is 0 Å². The summed E-state index contributed by atoms with van der Waals surface area (Å²) in [5, 5.41) is 10.8. The Balaban J connectivity index is 2.05. The Labute approximate surface area is 139 Å². The van der Waals surface area contributed by atoms with Crippen molar-refractivity contribution in [2.24, 2.45) is 28.6 Å². The summed E-state index contributed by atoms with van der Waals surface area (Å²) in [6.07, 6.45) is 5.37. The van der Waals surface area contributed by atoms with Gasteiger partial charge in [0.2, 0.25) is 0 Å². The lowest BCUT2D eigenvalue weighted by molar-refractivity contribution is -0.150. The first-order valence-corrected chi connectivity index (χ1v) is 9.04. The molecular weight excluding hydrogens is 288 g/mol. The van der Waals surface area contributed by atoms with E-state index in [2.05, 4.69) is 6.92 Å². The average Bonchev–Trinajstić information content (AvgIpc) is 2.47. The lowest BCUT2D eigenvalue weighted by Gasteiger charge is -2.58. The number of aliphatic hydroxyl groups is 1. The molecule has 4 atom stereocenters. The molecule has 0 bridgehead atoms. The summed E-state index contributed by atoms with van der Waals surface area (Å²) in [4.78, 5) is 25.2. The molecule has 0 amide bonds. The number of Topliss-reactive ketones (excluding diaryl/α,β-unsaturated/α-hetero) is 2. The molecule has 128 valence electrons. The van der Waals surface area contributed by atoms with Crippen LogP contribution in [-0.2, 0) is 9.59 Å². The molecule has 2 saturated carbocycles. The van der Waals surface area contributed by atoms with Gasteiger partial charge in [-0.15, -0.1) is 0 Å². The number of fused-ring (bicyclic) bond motifs is 3. The molecule has 0 aromatic heterocycles. The van der Waals surface area contributed by atoms with Gasteiger partial charge in [0.05, 0.1) is 5.60 Å². The molecule has 1 N–H and O–H groups in total. The summed E-state index contributed by atoms with van der Waals surface area (Å²) in [7, 11) is 0. The van der Waals surface area contributed by atoms with Gasteiger partial charge in [-0.3, -0.25) is 9.59 Å². The molecule has 0 heterocycles. The molecule has 3 aliphatic rings. The van der Waals surface area contributed by atoms with Crippen LogP contribution in [-0.4, -0.2) is 22.3 Å². The van der Waals surface area contributed by atoms with E-state index in [1.54, 1.807) is 0 Å². The SMILES string of the molecule is CC(C)[C@]1(O)C=C2C(=O)C[C@H]3C(C)(C)C(=O)CC[C@]3(C)[C@H]2CC1. The van der Waals surface area contributed by atoms with E-state index in [1.807, 2.05) is 33.8 Å². The van der Waals surface area contributed by atoms with Crippen molar-refractivity contribution in [2.75, 3.05) is 0 Å². The zero-order chi connectivity index (χ0) is 17.2. The topological polar surface area (TPSA) is 54.4 Å². The summed E-state index contributed by atoms with van der Waals surface area (Å²) in [5.74, 6) is 0.878. The van der Waals surface area contributed by atoms with Crippen LogP contribution < -0.4 is 0 Å². The van der Waals surface area contributed by atoms with E-state index in [1.165, 1.54) is 0 Å². The van der Waals surface area contributed by atoms with Gasteiger partial charge < -0.3 is 5.11 Å². The van der Waals surface area contributed by atoms with Crippen LogP contribution in [0.5, 0.6) is 0 Å². The minimum atomic E-state index is -0.856. The normalized spacial score (nSPS) is 43.0. The molecule has 0 spiro atoms. The molecular formula is C20H30O3. The van der Waals surface area contributed by atoms with Crippen LogP contribution in [0.2, 0.25) is 0 Å². The Bertz CT molecular complexity index is 586. The van der Waals surface area contributed by atoms with E-state index >= 15 is 0 Å². The van der Waals surface area contributed by atoms with Crippen LogP contribution in [0.3, 0.4) is 0 Å². The summed E-state index contributed by atoms with van der Waals surface area (Å²) >= 11 is 0. The van der Waals surface area contributed by atoms with Crippen molar-refractivity contribution in [3.05, 3.63) is 11.6 Å². The molecule has 3 aliphatic carbocycles. The molecule has 2 fully saturated rings. The molecule has 3 heteroatoms. The van der Waals surface area contributed by atoms with Gasteiger partial charge in [0.25, 0.3) is 0 Å². The van der Waals surface area contributed by atoms with E-state index in [0.29, 0.717) is 25.0 Å². The van der Waals surface area contributed by atoms with Gasteiger partial charge in [0.15, 0.2) is 5.78 Å². The molecule has 3 nitrogen and oxygen atoms in total. The minimum absolute atomic E-state index is 0.00450. The van der Waals surface area contributed by atoms with Gasteiger partial charge >= 0.3 is 0 Å². The van der Waals surface area contributed by atoms with E-state index in [9.17, 15) is 14.7 Å². The highest BCUT2D eigenvalue weighted by Gasteiger charge is 2.59. The maximum atomic E-state index is 12.8. The maximum absolute atomic E-state index is 12.8. The van der Waals surface area contributed by atoms with Gasteiger partial charge in [-0.2, -0.15) is 0 Å². The molecule has 0 aromatic carbocycles. The molecule has 3 rings (SSSR count). The van der Waals surface area contributed by atoms with Crippen molar-refractivity contribution in [1.29, 1.82) is 0 Å². The Hall–Kier alpha value is -0.960. The third-order valence-electron chi connectivity index (χ3n) is 7.40. The summed E-state index contributed by atoms with van der Waals surface area (Å²) in [6.45, 7) is 10.3. The van der Waals surface area contributed by atoms with Gasteiger partial charge in [0.1, 0.15) is 5.78 Å². The van der Waals surface area contributed by atoms with Crippen LogP contribution in [0, 0.1) is 28.6 Å². The second kappa shape index (κ2) is 5.02. The van der Waals surface area contributed by atoms with Gasteiger partial charge in [-0.05, 0) is 54.1 Å². The first-order chi connectivity index (χ1) is 10.5. The average molecular weight is 318 g/mol. The summed E-state index contributed by atoms with van der Waals surface area (Å²) in [6, 6.07) is 0. The maximum Gasteiger partial charge on any atom is 0.159 e. The fraction of sp³-hybridized carbons (Fsp3) is 0.800. The van der Waals surface area contributed by atoms with Crippen molar-refractivity contribution in [3.8, 4) is 0 Å². The van der Waals surface area contributed by atoms with E-state index in [0.717, 1.165) is 18.4 Å². The highest BCUT2D eigenvalue weighted by atomic mass is 16.3. The highest BCUT2D eigenvalue weighted by molar-refractivity contribution is 5.99. The van der Waals surface area contributed by atoms with Crippen LogP contribution in [0.1, 0.15) is 66.7 Å². The molecule has 0 unspecified atom stereocenters. The quantitative estimate of drug-likeness (QED) is 0.802. The number of carbonyl (C=O) groups excluding carboxylic acids is 2. The first-order valence-electron chi connectivity index (χ1n) is 9.04. The molecule has 0 aliphatic heterocycles. The Kier molecular flexibility index (Phi) is 3.68. The molecule has 0 saturated heterocycles. The number of hydrogen-bond donors (Lipinski definition) is 1. The minimum Gasteiger partial charge on any atom is -0.386 e. The number of rotatable bonds is 1. The van der Waals surface area contributed by atoms with Crippen LogP contribution in [0.15, 0.2) is 11.6 Å². The third-order valence-corrected chi connectivity index (χ3v) is 7.40. The summed E-state index contributed by atoms with van der Waals surface area (Å²) in [5.41, 5.74) is -0.434. The fourth-order valence-corrected chi connectivity index (χ4v) is 5.49. The Morgan fingerprint density at radius 1 is 1.17 bits per heavy atom. The highest BCUT2D eigenvalue weighted by Crippen LogP contribution is 2.61. The molecule has 0 aromatic rings. The van der Waals surface area contributed by atoms with Gasteiger partial charge in [-0.1, -0.05) is 34.6 Å². The van der Waals surface area contributed by atoms with Gasteiger partial charge in [-0.25, -0.2) is 0 Å². The fourth-order valence-electron chi connectivity index (χ4n) is 5.49. The zero-order valence-electron chi connectivity index (χ0n) is 15.1. The number of hydrogen-bond acceptors (Lipinski definition) is 3. The standard InChI is InChI=1S/C20H30O3/c1-12(2)20(23)9-6-14-13(11-20)15(21)10-16-18(3,4)17(22)7-8-19(14,16)5/h11-12,14,16,23H,6-10H2,1-5H3/t14-,16-,19+,20+/m0/s1. The Morgan fingerprint density at radius 3 is 2.43 bits per heavy atom. The van der Waals surface area contributed by atoms with Crippen LogP contribution >= 0.6 is 0 Å². The van der Waals surface area contributed by atoms with E-state index in [-0.39, 0.29) is 29.0 Å². The van der Waals surface area contributed by atoms with E-state index in [4.69, 9.17) is 0 Å². The monoisotopic (exact) mass is 318 g/mol. The molecule has 0 radical (unpaired) electrons. The van der Waals surface area contributed by atoms with Crippen molar-refractivity contribution >= 4 is 11.6 Å². The lowest BCUT2D eigenvalue weighted by atomic mass is 9.45. The van der Waals surface area contributed by atoms with Crippen molar-refractivity contribution in [2.45, 2.75) is 72.3 Å². The Morgan fingerprint density at radius 2 is 1.83 bits per heavy atom. The number of carbonyl (C=O) groups is 2. The van der Waals surface area contributed by atoms with E-state index < -0.39 is 11.0 Å². The number of ketones is 2.